The monoisotopic (exact) mass is 755 g/mol. The molecule has 0 aromatic heterocycles. The molecule has 4 heteroatoms. The van der Waals surface area contributed by atoms with E-state index in [1.807, 2.05) is 0 Å². The van der Waals surface area contributed by atoms with Gasteiger partial charge < -0.3 is 14.7 Å². The van der Waals surface area contributed by atoms with Gasteiger partial charge in [0.25, 0.3) is 6.71 Å². The lowest BCUT2D eigenvalue weighted by atomic mass is 9.33. The quantitative estimate of drug-likeness (QED) is 0.102. The van der Waals surface area contributed by atoms with Crippen molar-refractivity contribution in [2.75, 3.05) is 14.7 Å². The molecular formula is C54H54BN3. The van der Waals surface area contributed by atoms with E-state index in [2.05, 4.69) is 199 Å². The van der Waals surface area contributed by atoms with Crippen LogP contribution in [0.3, 0.4) is 0 Å². The number of rotatable bonds is 14. The van der Waals surface area contributed by atoms with Gasteiger partial charge in [-0.3, -0.25) is 0 Å². The second kappa shape index (κ2) is 16.8. The topological polar surface area (TPSA) is 9.72 Å². The Labute approximate surface area is 346 Å². The Hall–Kier alpha value is -6.00. The van der Waals surface area contributed by atoms with Gasteiger partial charge in [-0.15, -0.1) is 0 Å². The highest BCUT2D eigenvalue weighted by molar-refractivity contribution is 7.00. The van der Waals surface area contributed by atoms with Gasteiger partial charge in [0.2, 0.25) is 0 Å². The number of benzene rings is 7. The summed E-state index contributed by atoms with van der Waals surface area (Å²) in [6.45, 7) is 6.89. The summed E-state index contributed by atoms with van der Waals surface area (Å²) in [5.41, 5.74) is 18.9. The minimum absolute atomic E-state index is 0.0793. The average Bonchev–Trinajstić information content (AvgIpc) is 3.28. The van der Waals surface area contributed by atoms with Gasteiger partial charge in [0.1, 0.15) is 0 Å². The van der Waals surface area contributed by atoms with Crippen LogP contribution < -0.4 is 31.1 Å². The van der Waals surface area contributed by atoms with Crippen LogP contribution in [0.25, 0.3) is 0 Å². The molecule has 0 N–H and O–H groups in total. The molecule has 7 aromatic rings. The lowest BCUT2D eigenvalue weighted by Gasteiger charge is -2.45. The maximum absolute atomic E-state index is 2.54. The predicted molar refractivity (Wildman–Crippen MR) is 251 cm³/mol. The SMILES string of the molecule is CCCCc1ccc(N(c2ccc(CCCC)cc2)c2cc3c4c(c2)N(c2ccc(CCCC)cc2)c2ccccc2B4c2ccccc2N3c2ccccc2)cc1. The van der Waals surface area contributed by atoms with Crippen LogP contribution in [0.1, 0.15) is 76.0 Å². The Morgan fingerprint density at radius 2 is 0.793 bits per heavy atom. The Bertz CT molecular complexity index is 2420. The number of nitrogens with zero attached hydrogens (tertiary/aromatic N) is 3. The first-order valence-corrected chi connectivity index (χ1v) is 21.7. The Morgan fingerprint density at radius 3 is 1.24 bits per heavy atom. The number of hydrogen-bond acceptors (Lipinski definition) is 3. The van der Waals surface area contributed by atoms with Crippen molar-refractivity contribution in [1.29, 1.82) is 0 Å². The number of hydrogen-bond donors (Lipinski definition) is 0. The van der Waals surface area contributed by atoms with Crippen LogP contribution in [0.4, 0.5) is 51.2 Å². The molecule has 0 unspecified atom stereocenters. The van der Waals surface area contributed by atoms with E-state index in [0.29, 0.717) is 0 Å². The summed E-state index contributed by atoms with van der Waals surface area (Å²) in [4.78, 5) is 7.53. The van der Waals surface area contributed by atoms with Gasteiger partial charge in [0.05, 0.1) is 5.69 Å². The largest absolute Gasteiger partial charge is 0.311 e. The van der Waals surface area contributed by atoms with Crippen LogP contribution in [0, 0.1) is 0 Å². The van der Waals surface area contributed by atoms with E-state index in [1.54, 1.807) is 0 Å². The smallest absolute Gasteiger partial charge is 0.252 e. The molecule has 7 aromatic carbocycles. The van der Waals surface area contributed by atoms with E-state index < -0.39 is 0 Å². The van der Waals surface area contributed by atoms with Gasteiger partial charge >= 0.3 is 0 Å². The predicted octanol–water partition coefficient (Wildman–Crippen LogP) is 13.3. The zero-order valence-corrected chi connectivity index (χ0v) is 34.4. The van der Waals surface area contributed by atoms with Crippen LogP contribution in [-0.4, -0.2) is 6.71 Å². The highest BCUT2D eigenvalue weighted by Gasteiger charge is 2.43. The van der Waals surface area contributed by atoms with Crippen LogP contribution >= 0.6 is 0 Å². The lowest BCUT2D eigenvalue weighted by Crippen LogP contribution is -2.61. The maximum atomic E-state index is 2.54. The molecule has 0 aliphatic carbocycles. The number of anilines is 9. The van der Waals surface area contributed by atoms with Gasteiger partial charge in [0.15, 0.2) is 0 Å². The molecule has 0 atom stereocenters. The third-order valence-corrected chi connectivity index (χ3v) is 12.2. The molecule has 0 saturated heterocycles. The molecule has 0 fully saturated rings. The first-order chi connectivity index (χ1) is 28.7. The Morgan fingerprint density at radius 1 is 0.397 bits per heavy atom. The molecular weight excluding hydrogens is 701 g/mol. The number of aryl methyl sites for hydroxylation is 3. The van der Waals surface area contributed by atoms with E-state index in [0.717, 1.165) is 42.0 Å². The van der Waals surface area contributed by atoms with Crippen LogP contribution in [0.5, 0.6) is 0 Å². The number of para-hydroxylation sites is 3. The molecule has 0 radical (unpaired) electrons. The van der Waals surface area contributed by atoms with Crippen molar-refractivity contribution in [3.63, 3.8) is 0 Å². The normalized spacial score (nSPS) is 12.6. The lowest BCUT2D eigenvalue weighted by molar-refractivity contribution is 0.795. The Balaban J connectivity index is 1.31. The van der Waals surface area contributed by atoms with E-state index in [-0.39, 0.29) is 6.71 Å². The fraction of sp³-hybridized carbons (Fsp3) is 0.222. The van der Waals surface area contributed by atoms with Crippen molar-refractivity contribution in [2.24, 2.45) is 0 Å². The average molecular weight is 756 g/mol. The third-order valence-electron chi connectivity index (χ3n) is 12.2. The number of unbranched alkanes of at least 4 members (excludes halogenated alkanes) is 3. The van der Waals surface area contributed by atoms with Crippen LogP contribution in [0.2, 0.25) is 0 Å². The van der Waals surface area contributed by atoms with Gasteiger partial charge in [0, 0.05) is 45.5 Å². The highest BCUT2D eigenvalue weighted by atomic mass is 15.2. The van der Waals surface area contributed by atoms with E-state index in [4.69, 9.17) is 0 Å². The first-order valence-electron chi connectivity index (χ1n) is 21.7. The molecule has 2 aliphatic heterocycles. The van der Waals surface area contributed by atoms with Crippen molar-refractivity contribution in [1.82, 2.24) is 0 Å². The second-order valence-corrected chi connectivity index (χ2v) is 16.1. The van der Waals surface area contributed by atoms with E-state index >= 15 is 0 Å². The summed E-state index contributed by atoms with van der Waals surface area (Å²) in [6, 6.07) is 62.0. The molecule has 0 amide bonds. The summed E-state index contributed by atoms with van der Waals surface area (Å²) in [7, 11) is 0. The second-order valence-electron chi connectivity index (χ2n) is 16.1. The van der Waals surface area contributed by atoms with Gasteiger partial charge in [-0.2, -0.15) is 0 Å². The minimum Gasteiger partial charge on any atom is -0.311 e. The Kier molecular flexibility index (Phi) is 10.9. The molecule has 0 bridgehead atoms. The summed E-state index contributed by atoms with van der Waals surface area (Å²) < 4.78 is 0. The zero-order valence-electron chi connectivity index (χ0n) is 34.4. The summed E-state index contributed by atoms with van der Waals surface area (Å²) in [5, 5.41) is 0. The fourth-order valence-electron chi connectivity index (χ4n) is 9.17. The van der Waals surface area contributed by atoms with Crippen LogP contribution in [-0.2, 0) is 19.3 Å². The van der Waals surface area contributed by atoms with Crippen molar-refractivity contribution >= 4 is 74.3 Å². The molecule has 2 aliphatic rings. The summed E-state index contributed by atoms with van der Waals surface area (Å²) in [5.74, 6) is 0. The molecule has 0 spiro atoms. The third kappa shape index (κ3) is 7.11. The van der Waals surface area contributed by atoms with E-state index in [9.17, 15) is 0 Å². The minimum atomic E-state index is 0.0793. The molecule has 2 heterocycles. The molecule has 288 valence electrons. The van der Waals surface area contributed by atoms with Crippen LogP contribution in [0.15, 0.2) is 164 Å². The fourth-order valence-corrected chi connectivity index (χ4v) is 9.17. The summed E-state index contributed by atoms with van der Waals surface area (Å²) >= 11 is 0. The number of fused-ring (bicyclic) bond motifs is 4. The first kappa shape index (κ1) is 37.6. The molecule has 3 nitrogen and oxygen atoms in total. The van der Waals surface area contributed by atoms with Crippen molar-refractivity contribution < 1.29 is 0 Å². The van der Waals surface area contributed by atoms with Crippen molar-refractivity contribution in [3.05, 3.63) is 180 Å². The zero-order chi connectivity index (χ0) is 39.4. The maximum Gasteiger partial charge on any atom is 0.252 e. The van der Waals surface area contributed by atoms with E-state index in [1.165, 1.54) is 100 Å². The van der Waals surface area contributed by atoms with Gasteiger partial charge in [-0.05, 0) is 144 Å². The van der Waals surface area contributed by atoms with Crippen molar-refractivity contribution in [2.45, 2.75) is 78.6 Å². The highest BCUT2D eigenvalue weighted by Crippen LogP contribution is 2.48. The molecule has 58 heavy (non-hydrogen) atoms. The molecule has 9 rings (SSSR count). The standard InChI is InChI=1S/C54H54BN3/c1-4-7-17-40-26-32-44(33-27-40)56(45-34-28-41(29-35-45)18-8-5-2)47-38-52-54-53(39-47)58(46-36-30-42(31-37-46)19-9-6-3)51-25-16-14-23-49(51)55(54)48-22-13-15-24-50(48)57(52)43-20-11-10-12-21-43/h10-16,20-39H,4-9,17-19H2,1-3H3. The van der Waals surface area contributed by atoms with Gasteiger partial charge in [-0.25, -0.2) is 0 Å². The van der Waals surface area contributed by atoms with Crippen molar-refractivity contribution in [3.8, 4) is 0 Å². The molecule has 0 saturated carbocycles. The van der Waals surface area contributed by atoms with Gasteiger partial charge in [-0.1, -0.05) is 131 Å². The summed E-state index contributed by atoms with van der Waals surface area (Å²) in [6.07, 6.45) is 10.5.